The van der Waals surface area contributed by atoms with E-state index in [1.807, 2.05) is 31.2 Å². The first kappa shape index (κ1) is 24.5. The maximum absolute atomic E-state index is 11.7. The molecular formula is C18H31IN4O3. The van der Waals surface area contributed by atoms with Gasteiger partial charge in [0.1, 0.15) is 12.3 Å². The quantitative estimate of drug-likeness (QED) is 0.231. The molecule has 0 fully saturated rings. The molecule has 0 saturated heterocycles. The standard InChI is InChI=1S/C18H30N4O3.HI/c1-5-25-13-12-20-18(21-14-17(23)22(2)3)19-11-10-15-6-8-16(24-4)9-7-15;/h6-9H,5,10-14H2,1-4H3,(H2,19,20,21);1H. The Kier molecular flexibility index (Phi) is 13.7. The van der Waals surface area contributed by atoms with Gasteiger partial charge in [-0.15, -0.1) is 24.0 Å². The predicted octanol–water partition coefficient (Wildman–Crippen LogP) is 1.52. The van der Waals surface area contributed by atoms with Crippen molar-refractivity contribution in [1.29, 1.82) is 0 Å². The largest absolute Gasteiger partial charge is 0.497 e. The highest BCUT2D eigenvalue weighted by atomic mass is 127. The molecule has 2 N–H and O–H groups in total. The molecule has 0 aliphatic carbocycles. The highest BCUT2D eigenvalue weighted by Crippen LogP contribution is 2.11. The monoisotopic (exact) mass is 478 g/mol. The number of hydrogen-bond acceptors (Lipinski definition) is 4. The zero-order valence-corrected chi connectivity index (χ0v) is 18.4. The van der Waals surface area contributed by atoms with Gasteiger partial charge in [-0.25, -0.2) is 4.99 Å². The fourth-order valence-corrected chi connectivity index (χ4v) is 1.97. The first-order chi connectivity index (χ1) is 12.1. The van der Waals surface area contributed by atoms with Crippen molar-refractivity contribution in [3.8, 4) is 5.75 Å². The van der Waals surface area contributed by atoms with Gasteiger partial charge in [-0.1, -0.05) is 12.1 Å². The lowest BCUT2D eigenvalue weighted by Gasteiger charge is -2.14. The molecule has 7 nitrogen and oxygen atoms in total. The summed E-state index contributed by atoms with van der Waals surface area (Å²) in [7, 11) is 5.09. The van der Waals surface area contributed by atoms with Crippen molar-refractivity contribution in [3.63, 3.8) is 0 Å². The maximum atomic E-state index is 11.7. The number of amides is 1. The fraction of sp³-hybridized carbons (Fsp3) is 0.556. The second-order valence-corrected chi connectivity index (χ2v) is 5.60. The third kappa shape index (κ3) is 10.4. The van der Waals surface area contributed by atoms with Crippen LogP contribution in [-0.2, 0) is 16.0 Å². The third-order valence-electron chi connectivity index (χ3n) is 3.48. The molecule has 0 radical (unpaired) electrons. The molecule has 0 heterocycles. The molecule has 1 amide bonds. The van der Waals surface area contributed by atoms with Gasteiger partial charge < -0.3 is 25.0 Å². The van der Waals surface area contributed by atoms with Crippen LogP contribution in [0, 0.1) is 0 Å². The molecule has 1 rings (SSSR count). The van der Waals surface area contributed by atoms with Crippen LogP contribution in [0.1, 0.15) is 12.5 Å². The molecule has 0 aliphatic rings. The van der Waals surface area contributed by atoms with Crippen LogP contribution in [0.15, 0.2) is 29.3 Å². The van der Waals surface area contributed by atoms with Crippen LogP contribution in [-0.4, -0.2) is 70.8 Å². The topological polar surface area (TPSA) is 75.2 Å². The summed E-state index contributed by atoms with van der Waals surface area (Å²) in [5.74, 6) is 1.42. The molecule has 0 atom stereocenters. The van der Waals surface area contributed by atoms with Gasteiger partial charge >= 0.3 is 0 Å². The van der Waals surface area contributed by atoms with E-state index in [4.69, 9.17) is 9.47 Å². The summed E-state index contributed by atoms with van der Waals surface area (Å²) in [6.45, 7) is 4.69. The normalized spacial score (nSPS) is 10.7. The van der Waals surface area contributed by atoms with Gasteiger partial charge in [-0.2, -0.15) is 0 Å². The number of methoxy groups -OCH3 is 1. The van der Waals surface area contributed by atoms with E-state index in [-0.39, 0.29) is 36.4 Å². The Morgan fingerprint density at radius 3 is 2.38 bits per heavy atom. The molecule has 8 heteroatoms. The fourth-order valence-electron chi connectivity index (χ4n) is 1.97. The van der Waals surface area contributed by atoms with Gasteiger partial charge in [0.2, 0.25) is 5.91 Å². The summed E-state index contributed by atoms with van der Waals surface area (Å²) in [4.78, 5) is 17.6. The number of hydrogen-bond donors (Lipinski definition) is 2. The van der Waals surface area contributed by atoms with E-state index in [0.717, 1.165) is 12.2 Å². The molecule has 148 valence electrons. The van der Waals surface area contributed by atoms with Crippen molar-refractivity contribution in [1.82, 2.24) is 15.5 Å². The first-order valence-electron chi connectivity index (χ1n) is 8.49. The van der Waals surface area contributed by atoms with E-state index < -0.39 is 0 Å². The van der Waals surface area contributed by atoms with Gasteiger partial charge in [0.15, 0.2) is 5.96 Å². The number of carbonyl (C=O) groups excluding carboxylic acids is 1. The minimum Gasteiger partial charge on any atom is -0.497 e. The van der Waals surface area contributed by atoms with Crippen molar-refractivity contribution in [2.24, 2.45) is 4.99 Å². The Balaban J connectivity index is 0.00000625. The number of likely N-dealkylation sites (N-methyl/N-ethyl adjacent to an activating group) is 1. The average molecular weight is 478 g/mol. The number of carbonyl (C=O) groups is 1. The summed E-state index contributed by atoms with van der Waals surface area (Å²) in [5.41, 5.74) is 1.20. The van der Waals surface area contributed by atoms with Crippen molar-refractivity contribution in [2.45, 2.75) is 13.3 Å². The zero-order chi connectivity index (χ0) is 18.5. The maximum Gasteiger partial charge on any atom is 0.243 e. The molecule has 0 spiro atoms. The SMILES string of the molecule is CCOCCNC(=NCC(=O)N(C)C)NCCc1ccc(OC)cc1.I. The molecule has 0 unspecified atom stereocenters. The molecule has 1 aromatic rings. The lowest BCUT2D eigenvalue weighted by atomic mass is 10.1. The molecule has 0 aromatic heterocycles. The Labute approximate surface area is 173 Å². The summed E-state index contributed by atoms with van der Waals surface area (Å²) in [6, 6.07) is 7.96. The summed E-state index contributed by atoms with van der Waals surface area (Å²) >= 11 is 0. The summed E-state index contributed by atoms with van der Waals surface area (Å²) in [5, 5.41) is 6.43. The second kappa shape index (κ2) is 14.6. The lowest BCUT2D eigenvalue weighted by Crippen LogP contribution is -2.41. The van der Waals surface area contributed by atoms with E-state index in [0.29, 0.717) is 32.3 Å². The molecule has 1 aromatic carbocycles. The van der Waals surface area contributed by atoms with Crippen molar-refractivity contribution >= 4 is 35.8 Å². The van der Waals surface area contributed by atoms with Crippen molar-refractivity contribution in [2.75, 3.05) is 54.1 Å². The van der Waals surface area contributed by atoms with Crippen molar-refractivity contribution < 1.29 is 14.3 Å². The minimum atomic E-state index is -0.0407. The number of guanidine groups is 1. The molecule has 0 saturated carbocycles. The van der Waals surface area contributed by atoms with E-state index in [1.54, 1.807) is 21.2 Å². The van der Waals surface area contributed by atoms with Crippen LogP contribution in [0.4, 0.5) is 0 Å². The number of nitrogens with one attached hydrogen (secondary N) is 2. The Morgan fingerprint density at radius 1 is 1.15 bits per heavy atom. The lowest BCUT2D eigenvalue weighted by molar-refractivity contribution is -0.127. The van der Waals surface area contributed by atoms with Gasteiger partial charge in [0.25, 0.3) is 0 Å². The molecular weight excluding hydrogens is 447 g/mol. The van der Waals surface area contributed by atoms with Crippen LogP contribution in [0.25, 0.3) is 0 Å². The molecule has 0 aliphatic heterocycles. The van der Waals surface area contributed by atoms with Crippen LogP contribution in [0.2, 0.25) is 0 Å². The van der Waals surface area contributed by atoms with Crippen molar-refractivity contribution in [3.05, 3.63) is 29.8 Å². The number of nitrogens with zero attached hydrogens (tertiary/aromatic N) is 2. The number of benzene rings is 1. The average Bonchev–Trinajstić information content (AvgIpc) is 2.62. The van der Waals surface area contributed by atoms with E-state index in [1.165, 1.54) is 10.5 Å². The van der Waals surface area contributed by atoms with Crippen LogP contribution in [0.3, 0.4) is 0 Å². The summed E-state index contributed by atoms with van der Waals surface area (Å²) < 4.78 is 10.5. The first-order valence-corrected chi connectivity index (χ1v) is 8.49. The predicted molar refractivity (Wildman–Crippen MR) is 116 cm³/mol. The second-order valence-electron chi connectivity index (χ2n) is 5.60. The van der Waals surface area contributed by atoms with Crippen LogP contribution in [0.5, 0.6) is 5.75 Å². The minimum absolute atomic E-state index is 0. The van der Waals surface area contributed by atoms with Gasteiger partial charge in [0, 0.05) is 33.8 Å². The molecule has 0 bridgehead atoms. The highest BCUT2D eigenvalue weighted by molar-refractivity contribution is 14.0. The van der Waals surface area contributed by atoms with Gasteiger partial charge in [-0.05, 0) is 31.0 Å². The van der Waals surface area contributed by atoms with Crippen LogP contribution >= 0.6 is 24.0 Å². The number of rotatable bonds is 10. The van der Waals surface area contributed by atoms with Gasteiger partial charge in [-0.3, -0.25) is 4.79 Å². The number of halogens is 1. The van der Waals surface area contributed by atoms with Gasteiger partial charge in [0.05, 0.1) is 13.7 Å². The zero-order valence-electron chi connectivity index (χ0n) is 16.1. The smallest absolute Gasteiger partial charge is 0.243 e. The summed E-state index contributed by atoms with van der Waals surface area (Å²) in [6.07, 6.45) is 0.845. The highest BCUT2D eigenvalue weighted by Gasteiger charge is 2.04. The van der Waals surface area contributed by atoms with Crippen LogP contribution < -0.4 is 15.4 Å². The third-order valence-corrected chi connectivity index (χ3v) is 3.48. The Morgan fingerprint density at radius 2 is 1.81 bits per heavy atom. The van der Waals surface area contributed by atoms with E-state index in [2.05, 4.69) is 15.6 Å². The number of aliphatic imine (C=N–C) groups is 1. The number of ether oxygens (including phenoxy) is 2. The Bertz CT molecular complexity index is 536. The van der Waals surface area contributed by atoms with E-state index in [9.17, 15) is 4.79 Å². The Hall–Kier alpha value is -1.55. The molecule has 26 heavy (non-hydrogen) atoms. The van der Waals surface area contributed by atoms with E-state index >= 15 is 0 Å².